The summed E-state index contributed by atoms with van der Waals surface area (Å²) in [6.07, 6.45) is 1.02. The summed E-state index contributed by atoms with van der Waals surface area (Å²) in [5, 5.41) is 8.97. The van der Waals surface area contributed by atoms with E-state index in [4.69, 9.17) is 5.11 Å². The first-order valence-electron chi connectivity index (χ1n) is 7.46. The van der Waals surface area contributed by atoms with Crippen LogP contribution in [-0.4, -0.2) is 37.3 Å². The highest BCUT2D eigenvalue weighted by Crippen LogP contribution is 2.28. The maximum absolute atomic E-state index is 10.9. The molecule has 0 spiro atoms. The van der Waals surface area contributed by atoms with Crippen molar-refractivity contribution >= 4 is 14.2 Å². The maximum atomic E-state index is 10.9. The highest BCUT2D eigenvalue weighted by atomic mass is 28.3. The van der Waals surface area contributed by atoms with Crippen LogP contribution in [0.3, 0.4) is 0 Å². The second-order valence-electron chi connectivity index (χ2n) is 6.67. The summed E-state index contributed by atoms with van der Waals surface area (Å²) in [5.74, 6) is 3.73. The molecule has 1 heterocycles. The van der Waals surface area contributed by atoms with E-state index >= 15 is 0 Å². The summed E-state index contributed by atoms with van der Waals surface area (Å²) in [6.45, 7) is 7.99. The molecule has 1 N–H and O–H groups in total. The highest BCUT2D eigenvalue weighted by Gasteiger charge is 2.23. The second-order valence-corrected chi connectivity index (χ2v) is 11.4. The monoisotopic (exact) mass is 301 g/mol. The molecule has 1 fully saturated rings. The fourth-order valence-corrected chi connectivity index (χ4v) is 3.02. The number of amides is 1. The summed E-state index contributed by atoms with van der Waals surface area (Å²) in [7, 11) is -1.33. The van der Waals surface area contributed by atoms with Crippen LogP contribution in [0.1, 0.15) is 29.9 Å². The standard InChI is InChI=1S/C17H23NO2Si/c1-21(2,3)13-10-14-4-6-15(7-5-14)16-8-11-18(12-9-16)17(19)20/h4-7,16H,8-9,11-12H2,1-3H3,(H,19,20). The molecule has 2 rings (SSSR count). The lowest BCUT2D eigenvalue weighted by atomic mass is 9.89. The lowest BCUT2D eigenvalue weighted by Crippen LogP contribution is -2.36. The molecular formula is C17H23NO2Si. The molecule has 1 aromatic rings. The van der Waals surface area contributed by atoms with Crippen LogP contribution in [0.25, 0.3) is 0 Å². The van der Waals surface area contributed by atoms with Crippen molar-refractivity contribution in [2.75, 3.05) is 13.1 Å². The average Bonchev–Trinajstić information content (AvgIpc) is 2.45. The summed E-state index contributed by atoms with van der Waals surface area (Å²) in [5.41, 5.74) is 5.75. The molecule has 1 aliphatic heterocycles. The molecular weight excluding hydrogens is 278 g/mol. The van der Waals surface area contributed by atoms with Crippen LogP contribution in [0.15, 0.2) is 24.3 Å². The second kappa shape index (κ2) is 6.36. The van der Waals surface area contributed by atoms with Crippen molar-refractivity contribution in [1.29, 1.82) is 0 Å². The number of nitrogens with zero attached hydrogens (tertiary/aromatic N) is 1. The van der Waals surface area contributed by atoms with Crippen LogP contribution in [-0.2, 0) is 0 Å². The van der Waals surface area contributed by atoms with Crippen molar-refractivity contribution in [3.8, 4) is 11.5 Å². The van der Waals surface area contributed by atoms with Crippen LogP contribution in [0, 0.1) is 11.5 Å². The van der Waals surface area contributed by atoms with Crippen molar-refractivity contribution in [3.05, 3.63) is 35.4 Å². The van der Waals surface area contributed by atoms with Gasteiger partial charge >= 0.3 is 6.09 Å². The Bertz CT molecular complexity index is 555. The molecule has 1 amide bonds. The van der Waals surface area contributed by atoms with Gasteiger partial charge in [-0.15, -0.1) is 5.54 Å². The number of hydrogen-bond acceptors (Lipinski definition) is 1. The van der Waals surface area contributed by atoms with Gasteiger partial charge in [0.1, 0.15) is 8.07 Å². The topological polar surface area (TPSA) is 40.5 Å². The summed E-state index contributed by atoms with van der Waals surface area (Å²) in [6, 6.07) is 8.47. The van der Waals surface area contributed by atoms with Crippen molar-refractivity contribution in [3.63, 3.8) is 0 Å². The first-order chi connectivity index (χ1) is 9.85. The third-order valence-corrected chi connectivity index (χ3v) is 4.60. The highest BCUT2D eigenvalue weighted by molar-refractivity contribution is 6.83. The first-order valence-corrected chi connectivity index (χ1v) is 11.0. The van der Waals surface area contributed by atoms with Gasteiger partial charge < -0.3 is 10.0 Å². The first kappa shape index (κ1) is 15.7. The fourth-order valence-electron chi connectivity index (χ4n) is 2.50. The van der Waals surface area contributed by atoms with Gasteiger partial charge in [0.2, 0.25) is 0 Å². The Morgan fingerprint density at radius 1 is 1.19 bits per heavy atom. The SMILES string of the molecule is C[Si](C)(C)C#Cc1ccc(C2CCN(C(=O)O)CC2)cc1. The Morgan fingerprint density at radius 3 is 2.24 bits per heavy atom. The van der Waals surface area contributed by atoms with Gasteiger partial charge in [-0.25, -0.2) is 4.79 Å². The van der Waals surface area contributed by atoms with Gasteiger partial charge in [0, 0.05) is 18.7 Å². The average molecular weight is 301 g/mol. The quantitative estimate of drug-likeness (QED) is 0.633. The van der Waals surface area contributed by atoms with Gasteiger partial charge in [-0.3, -0.25) is 0 Å². The Balaban J connectivity index is 2.00. The minimum Gasteiger partial charge on any atom is -0.465 e. The Morgan fingerprint density at radius 2 is 1.76 bits per heavy atom. The smallest absolute Gasteiger partial charge is 0.407 e. The third kappa shape index (κ3) is 4.64. The van der Waals surface area contributed by atoms with Gasteiger partial charge in [0.15, 0.2) is 0 Å². The zero-order valence-electron chi connectivity index (χ0n) is 13.0. The summed E-state index contributed by atoms with van der Waals surface area (Å²) < 4.78 is 0. The molecule has 0 saturated carbocycles. The van der Waals surface area contributed by atoms with E-state index in [1.54, 1.807) is 0 Å². The van der Waals surface area contributed by atoms with Crippen molar-refractivity contribution in [1.82, 2.24) is 4.90 Å². The van der Waals surface area contributed by atoms with Gasteiger partial charge in [-0.1, -0.05) is 37.7 Å². The predicted molar refractivity (Wildman–Crippen MR) is 88.2 cm³/mol. The van der Waals surface area contributed by atoms with Crippen molar-refractivity contribution < 1.29 is 9.90 Å². The largest absolute Gasteiger partial charge is 0.465 e. The van der Waals surface area contributed by atoms with Crippen LogP contribution in [0.2, 0.25) is 19.6 Å². The van der Waals surface area contributed by atoms with E-state index in [0.717, 1.165) is 18.4 Å². The number of carboxylic acid groups (broad SMARTS) is 1. The number of hydrogen-bond donors (Lipinski definition) is 1. The van der Waals surface area contributed by atoms with Gasteiger partial charge in [-0.05, 0) is 36.5 Å². The zero-order valence-corrected chi connectivity index (χ0v) is 14.0. The Kier molecular flexibility index (Phi) is 4.74. The number of likely N-dealkylation sites (tertiary alicyclic amines) is 1. The molecule has 1 aromatic carbocycles. The van der Waals surface area contributed by atoms with Gasteiger partial charge in [-0.2, -0.15) is 0 Å². The summed E-state index contributed by atoms with van der Waals surface area (Å²) >= 11 is 0. The number of carbonyl (C=O) groups is 1. The van der Waals surface area contributed by atoms with E-state index in [1.807, 2.05) is 0 Å². The van der Waals surface area contributed by atoms with E-state index < -0.39 is 14.2 Å². The number of piperidine rings is 1. The summed E-state index contributed by atoms with van der Waals surface area (Å²) in [4.78, 5) is 12.4. The molecule has 1 aliphatic rings. The number of rotatable bonds is 1. The minimum absolute atomic E-state index is 0.472. The van der Waals surface area contributed by atoms with Crippen LogP contribution in [0.5, 0.6) is 0 Å². The third-order valence-electron chi connectivity index (χ3n) is 3.73. The molecule has 0 radical (unpaired) electrons. The lowest BCUT2D eigenvalue weighted by Gasteiger charge is -2.30. The van der Waals surface area contributed by atoms with Crippen LogP contribution >= 0.6 is 0 Å². The molecule has 0 aliphatic carbocycles. The minimum atomic E-state index is -1.33. The molecule has 1 saturated heterocycles. The molecule has 0 bridgehead atoms. The van der Waals surface area contributed by atoms with Crippen molar-refractivity contribution in [2.45, 2.75) is 38.4 Å². The van der Waals surface area contributed by atoms with Gasteiger partial charge in [0.05, 0.1) is 0 Å². The van der Waals surface area contributed by atoms with E-state index in [1.165, 1.54) is 10.5 Å². The number of benzene rings is 1. The molecule has 21 heavy (non-hydrogen) atoms. The Labute approximate surface area is 128 Å². The van der Waals surface area contributed by atoms with Crippen LogP contribution in [0.4, 0.5) is 4.79 Å². The normalized spacial score (nSPS) is 16.2. The fraction of sp³-hybridized carbons (Fsp3) is 0.471. The zero-order chi connectivity index (χ0) is 15.5. The van der Waals surface area contributed by atoms with E-state index in [-0.39, 0.29) is 0 Å². The molecule has 0 aromatic heterocycles. The Hall–Kier alpha value is -1.73. The molecule has 3 nitrogen and oxygen atoms in total. The molecule has 0 unspecified atom stereocenters. The van der Waals surface area contributed by atoms with Crippen LogP contribution < -0.4 is 0 Å². The predicted octanol–water partition coefficient (Wildman–Crippen LogP) is 3.77. The molecule has 0 atom stereocenters. The maximum Gasteiger partial charge on any atom is 0.407 e. The molecule has 112 valence electrons. The van der Waals surface area contributed by atoms with Crippen molar-refractivity contribution in [2.24, 2.45) is 0 Å². The molecule has 4 heteroatoms. The van der Waals surface area contributed by atoms with E-state index in [0.29, 0.717) is 19.0 Å². The lowest BCUT2D eigenvalue weighted by molar-refractivity contribution is 0.132. The van der Waals surface area contributed by atoms with E-state index in [2.05, 4.69) is 55.4 Å². The van der Waals surface area contributed by atoms with E-state index in [9.17, 15) is 4.79 Å². The van der Waals surface area contributed by atoms with Gasteiger partial charge in [0.25, 0.3) is 0 Å².